The van der Waals surface area contributed by atoms with Gasteiger partial charge < -0.3 is 10.2 Å². The van der Waals surface area contributed by atoms with Crippen LogP contribution in [0, 0.1) is 5.82 Å². The van der Waals surface area contributed by atoms with Gasteiger partial charge in [0.1, 0.15) is 5.82 Å². The summed E-state index contributed by atoms with van der Waals surface area (Å²) in [6.07, 6.45) is -0.395. The third kappa shape index (κ3) is 1.68. The number of halogens is 2. The van der Waals surface area contributed by atoms with Gasteiger partial charge in [-0.05, 0) is 30.5 Å². The Balaban J connectivity index is 2.40. The summed E-state index contributed by atoms with van der Waals surface area (Å²) in [6, 6.07) is 3.79. The van der Waals surface area contributed by atoms with Gasteiger partial charge in [-0.1, -0.05) is 17.7 Å². The van der Waals surface area contributed by atoms with E-state index in [4.69, 9.17) is 16.7 Å². The van der Waals surface area contributed by atoms with Crippen molar-refractivity contribution in [3.63, 3.8) is 0 Å². The van der Waals surface area contributed by atoms with Gasteiger partial charge in [0.25, 0.3) is 0 Å². The number of carbonyl (C=O) groups is 1. The molecule has 0 aromatic heterocycles. The smallest absolute Gasteiger partial charge is 0.333 e. The Morgan fingerprint density at radius 1 is 1.50 bits per heavy atom. The number of aliphatic hydroxyl groups is 1. The molecule has 1 unspecified atom stereocenters. The quantitative estimate of drug-likeness (QED) is 0.855. The second kappa shape index (κ2) is 3.71. The average molecular weight is 245 g/mol. The molecule has 0 radical (unpaired) electrons. The standard InChI is InChI=1S/C11H10ClFO3/c12-8-5-6(13)1-2-7(8)11(3-4-11)9(14)10(15)16/h1-2,5,9,14H,3-4H2,(H,15,16). The lowest BCUT2D eigenvalue weighted by Crippen LogP contribution is -2.34. The fraction of sp³-hybridized carbons (Fsp3) is 0.364. The van der Waals surface area contributed by atoms with Gasteiger partial charge in [0, 0.05) is 10.4 Å². The lowest BCUT2D eigenvalue weighted by molar-refractivity contribution is -0.148. The molecule has 2 N–H and O–H groups in total. The van der Waals surface area contributed by atoms with E-state index in [9.17, 15) is 14.3 Å². The molecule has 0 bridgehead atoms. The summed E-state index contributed by atoms with van der Waals surface area (Å²) in [5, 5.41) is 18.6. The van der Waals surface area contributed by atoms with E-state index >= 15 is 0 Å². The van der Waals surface area contributed by atoms with Crippen LogP contribution in [0.4, 0.5) is 4.39 Å². The van der Waals surface area contributed by atoms with Gasteiger partial charge in [0.15, 0.2) is 6.10 Å². The summed E-state index contributed by atoms with van der Waals surface area (Å²) >= 11 is 5.86. The van der Waals surface area contributed by atoms with Gasteiger partial charge in [-0.3, -0.25) is 0 Å². The molecule has 5 heteroatoms. The molecule has 16 heavy (non-hydrogen) atoms. The first-order chi connectivity index (χ1) is 7.47. The van der Waals surface area contributed by atoms with Crippen molar-refractivity contribution in [1.29, 1.82) is 0 Å². The number of aliphatic hydroxyl groups excluding tert-OH is 1. The van der Waals surface area contributed by atoms with Crippen molar-refractivity contribution in [2.24, 2.45) is 0 Å². The largest absolute Gasteiger partial charge is 0.479 e. The second-order valence-corrected chi connectivity index (χ2v) is 4.43. The van der Waals surface area contributed by atoms with Crippen molar-refractivity contribution in [2.45, 2.75) is 24.4 Å². The van der Waals surface area contributed by atoms with Crippen LogP contribution in [0.1, 0.15) is 18.4 Å². The van der Waals surface area contributed by atoms with Crippen LogP contribution in [0.5, 0.6) is 0 Å². The first-order valence-corrected chi connectivity index (χ1v) is 5.21. The van der Waals surface area contributed by atoms with Gasteiger partial charge in [0.05, 0.1) is 0 Å². The van der Waals surface area contributed by atoms with Crippen LogP contribution >= 0.6 is 11.6 Å². The summed E-state index contributed by atoms with van der Waals surface area (Å²) < 4.78 is 12.9. The molecular formula is C11H10ClFO3. The van der Waals surface area contributed by atoms with Crippen LogP contribution in [0.2, 0.25) is 5.02 Å². The molecule has 1 atom stereocenters. The molecule has 0 aliphatic heterocycles. The van der Waals surface area contributed by atoms with Gasteiger partial charge >= 0.3 is 5.97 Å². The van der Waals surface area contributed by atoms with Crippen LogP contribution in [-0.4, -0.2) is 22.3 Å². The van der Waals surface area contributed by atoms with E-state index in [1.54, 1.807) is 0 Å². The third-order valence-electron chi connectivity index (χ3n) is 3.01. The van der Waals surface area contributed by atoms with Gasteiger partial charge in [-0.2, -0.15) is 0 Å². The topological polar surface area (TPSA) is 57.5 Å². The maximum Gasteiger partial charge on any atom is 0.333 e. The number of carboxylic acid groups (broad SMARTS) is 1. The Morgan fingerprint density at radius 3 is 2.56 bits per heavy atom. The van der Waals surface area contributed by atoms with Gasteiger partial charge in [0.2, 0.25) is 0 Å². The zero-order chi connectivity index (χ0) is 11.9. The minimum atomic E-state index is -1.49. The molecule has 0 amide bonds. The summed E-state index contributed by atoms with van der Waals surface area (Å²) in [6.45, 7) is 0. The molecule has 1 aromatic carbocycles. The summed E-state index contributed by atoms with van der Waals surface area (Å²) in [7, 11) is 0. The lowest BCUT2D eigenvalue weighted by Gasteiger charge is -2.20. The summed E-state index contributed by atoms with van der Waals surface area (Å²) in [5.41, 5.74) is -0.332. The Labute approximate surface area is 96.5 Å². The molecule has 86 valence electrons. The summed E-state index contributed by atoms with van der Waals surface area (Å²) in [4.78, 5) is 10.8. The molecule has 0 spiro atoms. The van der Waals surface area contributed by atoms with Crippen LogP contribution in [0.25, 0.3) is 0 Å². The van der Waals surface area contributed by atoms with Crippen molar-refractivity contribution < 1.29 is 19.4 Å². The fourth-order valence-corrected chi connectivity index (χ4v) is 2.31. The maximum atomic E-state index is 12.9. The number of rotatable bonds is 3. The Kier molecular flexibility index (Phi) is 2.64. The van der Waals surface area contributed by atoms with E-state index in [0.29, 0.717) is 18.4 Å². The molecule has 1 aliphatic carbocycles. The molecule has 1 aromatic rings. The zero-order valence-corrected chi connectivity index (χ0v) is 9.04. The summed E-state index contributed by atoms with van der Waals surface area (Å²) in [5.74, 6) is -1.76. The van der Waals surface area contributed by atoms with Crippen molar-refractivity contribution >= 4 is 17.6 Å². The van der Waals surface area contributed by atoms with Crippen LogP contribution in [0.3, 0.4) is 0 Å². The lowest BCUT2D eigenvalue weighted by atomic mass is 9.90. The van der Waals surface area contributed by atoms with Crippen molar-refractivity contribution in [3.8, 4) is 0 Å². The van der Waals surface area contributed by atoms with Crippen molar-refractivity contribution in [3.05, 3.63) is 34.6 Å². The molecular weight excluding hydrogens is 235 g/mol. The minimum Gasteiger partial charge on any atom is -0.479 e. The van der Waals surface area contributed by atoms with Crippen LogP contribution in [-0.2, 0) is 10.2 Å². The van der Waals surface area contributed by atoms with E-state index in [1.165, 1.54) is 12.1 Å². The highest BCUT2D eigenvalue weighted by atomic mass is 35.5. The molecule has 1 fully saturated rings. The van der Waals surface area contributed by atoms with Crippen molar-refractivity contribution in [1.82, 2.24) is 0 Å². The second-order valence-electron chi connectivity index (χ2n) is 4.02. The van der Waals surface area contributed by atoms with E-state index in [2.05, 4.69) is 0 Å². The molecule has 0 heterocycles. The number of hydrogen-bond donors (Lipinski definition) is 2. The Bertz CT molecular complexity index is 443. The first-order valence-electron chi connectivity index (χ1n) is 4.84. The SMILES string of the molecule is O=C(O)C(O)C1(c2ccc(F)cc2Cl)CC1. The monoisotopic (exact) mass is 244 g/mol. The molecule has 1 saturated carbocycles. The minimum absolute atomic E-state index is 0.165. The maximum absolute atomic E-state index is 12.9. The highest BCUT2D eigenvalue weighted by Gasteiger charge is 2.54. The first kappa shape index (κ1) is 11.4. The zero-order valence-electron chi connectivity index (χ0n) is 8.28. The molecule has 1 aliphatic rings. The van der Waals surface area contributed by atoms with Gasteiger partial charge in [-0.15, -0.1) is 0 Å². The predicted octanol–water partition coefficient (Wildman–Crippen LogP) is 1.96. The van der Waals surface area contributed by atoms with Crippen LogP contribution < -0.4 is 0 Å². The highest BCUT2D eigenvalue weighted by molar-refractivity contribution is 6.31. The number of benzene rings is 1. The average Bonchev–Trinajstić information content (AvgIpc) is 2.97. The van der Waals surface area contributed by atoms with E-state index in [-0.39, 0.29) is 5.02 Å². The van der Waals surface area contributed by atoms with Crippen molar-refractivity contribution in [2.75, 3.05) is 0 Å². The van der Waals surface area contributed by atoms with Gasteiger partial charge in [-0.25, -0.2) is 9.18 Å². The number of aliphatic carboxylic acids is 1. The molecule has 3 nitrogen and oxygen atoms in total. The molecule has 0 saturated heterocycles. The predicted molar refractivity (Wildman–Crippen MR) is 56.0 cm³/mol. The van der Waals surface area contributed by atoms with E-state index < -0.39 is 23.3 Å². The highest BCUT2D eigenvalue weighted by Crippen LogP contribution is 2.53. The fourth-order valence-electron chi connectivity index (χ4n) is 1.95. The number of carboxylic acids is 1. The van der Waals surface area contributed by atoms with E-state index in [1.807, 2.05) is 0 Å². The van der Waals surface area contributed by atoms with Crippen LogP contribution in [0.15, 0.2) is 18.2 Å². The third-order valence-corrected chi connectivity index (χ3v) is 3.33. The molecule has 2 rings (SSSR count). The van der Waals surface area contributed by atoms with E-state index in [0.717, 1.165) is 6.07 Å². The Hall–Kier alpha value is -1.13. The normalized spacial score (nSPS) is 19.2. The number of hydrogen-bond acceptors (Lipinski definition) is 2. The Morgan fingerprint density at radius 2 is 2.12 bits per heavy atom.